The highest BCUT2D eigenvalue weighted by molar-refractivity contribution is 5.77. The number of primary amides is 1. The van der Waals surface area contributed by atoms with Gasteiger partial charge in [0.1, 0.15) is 5.92 Å². The molecule has 0 radical (unpaired) electrons. The number of amides is 1. The summed E-state index contributed by atoms with van der Waals surface area (Å²) in [5, 5.41) is 0. The second-order valence-corrected chi connectivity index (χ2v) is 2.24. The van der Waals surface area contributed by atoms with Crippen molar-refractivity contribution in [3.05, 3.63) is 0 Å². The Balaban J connectivity index is 4.73. The van der Waals surface area contributed by atoms with E-state index in [1.54, 1.807) is 0 Å². The van der Waals surface area contributed by atoms with Gasteiger partial charge in [0.25, 0.3) is 0 Å². The van der Waals surface area contributed by atoms with Crippen molar-refractivity contribution in [2.24, 2.45) is 11.7 Å². The number of rotatable bonds is 2. The Kier molecular flexibility index (Phi) is 2.66. The Bertz CT molecular complexity index is 187. The predicted octanol–water partition coefficient (Wildman–Crippen LogP) is 1.31. The highest BCUT2D eigenvalue weighted by Gasteiger charge is 2.62. The first-order valence-corrected chi connectivity index (χ1v) is 2.84. The van der Waals surface area contributed by atoms with Crippen LogP contribution in [0.3, 0.4) is 0 Å². The van der Waals surface area contributed by atoms with Crippen molar-refractivity contribution in [2.75, 3.05) is 0 Å². The maximum Gasteiger partial charge on any atom is 0.454 e. The van der Waals surface area contributed by atoms with Crippen molar-refractivity contribution in [2.45, 2.75) is 19.0 Å². The molecule has 0 aromatic rings. The maximum atomic E-state index is 12.1. The van der Waals surface area contributed by atoms with Crippen molar-refractivity contribution in [1.82, 2.24) is 0 Å². The van der Waals surface area contributed by atoms with E-state index in [-0.39, 0.29) is 0 Å². The minimum atomic E-state index is -5.73. The summed E-state index contributed by atoms with van der Waals surface area (Å²) in [4.78, 5) is 10.0. The number of carbonyl (C=O) groups excluding carboxylic acids is 1. The van der Waals surface area contributed by atoms with E-state index in [0.29, 0.717) is 6.92 Å². The van der Waals surface area contributed by atoms with E-state index in [2.05, 4.69) is 5.73 Å². The van der Waals surface area contributed by atoms with Gasteiger partial charge < -0.3 is 5.73 Å². The molecule has 72 valence electrons. The maximum absolute atomic E-state index is 12.1. The standard InChI is InChI=1S/C5H6F5NO/c1-2(3(11)12)4(6,7)5(8,9)10/h2H,1H3,(H2,11,12). The number of hydrogen-bond acceptors (Lipinski definition) is 1. The summed E-state index contributed by atoms with van der Waals surface area (Å²) >= 11 is 0. The van der Waals surface area contributed by atoms with Crippen LogP contribution >= 0.6 is 0 Å². The van der Waals surface area contributed by atoms with Crippen LogP contribution in [0.1, 0.15) is 6.92 Å². The molecule has 1 unspecified atom stereocenters. The molecule has 1 amide bonds. The third-order valence-corrected chi connectivity index (χ3v) is 1.35. The number of alkyl halides is 5. The second kappa shape index (κ2) is 2.87. The molecule has 12 heavy (non-hydrogen) atoms. The zero-order chi connectivity index (χ0) is 10.2. The lowest BCUT2D eigenvalue weighted by Crippen LogP contribution is -2.47. The molecule has 0 bridgehead atoms. The van der Waals surface area contributed by atoms with Gasteiger partial charge in [0.2, 0.25) is 5.91 Å². The summed E-state index contributed by atoms with van der Waals surface area (Å²) in [5.74, 6) is -9.28. The minimum Gasteiger partial charge on any atom is -0.369 e. The molecule has 2 N–H and O–H groups in total. The molecule has 0 spiro atoms. The topological polar surface area (TPSA) is 43.1 Å². The molecular weight excluding hydrogens is 185 g/mol. The lowest BCUT2D eigenvalue weighted by atomic mass is 10.0. The van der Waals surface area contributed by atoms with Crippen molar-refractivity contribution in [1.29, 1.82) is 0 Å². The van der Waals surface area contributed by atoms with E-state index in [1.807, 2.05) is 0 Å². The average molecular weight is 191 g/mol. The highest BCUT2D eigenvalue weighted by atomic mass is 19.4. The van der Waals surface area contributed by atoms with Gasteiger partial charge in [-0.2, -0.15) is 22.0 Å². The quantitative estimate of drug-likeness (QED) is 0.657. The zero-order valence-electron chi connectivity index (χ0n) is 5.95. The van der Waals surface area contributed by atoms with Crippen LogP contribution in [-0.2, 0) is 4.79 Å². The van der Waals surface area contributed by atoms with Gasteiger partial charge in [0.05, 0.1) is 0 Å². The van der Waals surface area contributed by atoms with Crippen molar-refractivity contribution in [3.8, 4) is 0 Å². The molecule has 0 heterocycles. The van der Waals surface area contributed by atoms with Crippen molar-refractivity contribution >= 4 is 5.91 Å². The normalized spacial score (nSPS) is 15.8. The average Bonchev–Trinajstić information content (AvgIpc) is 1.83. The molecule has 7 heteroatoms. The monoisotopic (exact) mass is 191 g/mol. The summed E-state index contributed by atoms with van der Waals surface area (Å²) in [6.07, 6.45) is -5.73. The van der Waals surface area contributed by atoms with Gasteiger partial charge in [-0.15, -0.1) is 0 Å². The third-order valence-electron chi connectivity index (χ3n) is 1.35. The molecule has 0 fully saturated rings. The number of nitrogens with two attached hydrogens (primary N) is 1. The van der Waals surface area contributed by atoms with E-state index in [4.69, 9.17) is 0 Å². The van der Waals surface area contributed by atoms with E-state index in [9.17, 15) is 26.7 Å². The van der Waals surface area contributed by atoms with Crippen LogP contribution in [0.2, 0.25) is 0 Å². The molecule has 0 saturated heterocycles. The van der Waals surface area contributed by atoms with Crippen LogP contribution < -0.4 is 5.73 Å². The van der Waals surface area contributed by atoms with Crippen LogP contribution in [0.25, 0.3) is 0 Å². The van der Waals surface area contributed by atoms with Crippen LogP contribution in [0.4, 0.5) is 22.0 Å². The van der Waals surface area contributed by atoms with Crippen LogP contribution in [-0.4, -0.2) is 18.0 Å². The molecular formula is C5H6F5NO. The summed E-state index contributed by atoms with van der Waals surface area (Å²) in [6, 6.07) is 0. The highest BCUT2D eigenvalue weighted by Crippen LogP contribution is 2.40. The Morgan fingerprint density at radius 2 is 1.58 bits per heavy atom. The summed E-state index contributed by atoms with van der Waals surface area (Å²) in [7, 11) is 0. The number of hydrogen-bond donors (Lipinski definition) is 1. The van der Waals surface area contributed by atoms with E-state index in [1.165, 1.54) is 0 Å². The number of halogens is 5. The van der Waals surface area contributed by atoms with E-state index >= 15 is 0 Å². The van der Waals surface area contributed by atoms with E-state index < -0.39 is 23.9 Å². The fourth-order valence-corrected chi connectivity index (χ4v) is 0.424. The van der Waals surface area contributed by atoms with Gasteiger partial charge in [0, 0.05) is 0 Å². The zero-order valence-corrected chi connectivity index (χ0v) is 5.95. The van der Waals surface area contributed by atoms with Gasteiger partial charge in [-0.25, -0.2) is 0 Å². The Hall–Kier alpha value is -0.880. The lowest BCUT2D eigenvalue weighted by Gasteiger charge is -2.23. The van der Waals surface area contributed by atoms with Gasteiger partial charge in [-0.1, -0.05) is 0 Å². The van der Waals surface area contributed by atoms with Crippen LogP contribution in [0, 0.1) is 5.92 Å². The summed E-state index contributed by atoms with van der Waals surface area (Å²) < 4.78 is 58.8. The first-order chi connectivity index (χ1) is 5.10. The minimum absolute atomic E-state index is 0.426. The Morgan fingerprint density at radius 3 is 1.67 bits per heavy atom. The molecule has 0 saturated carbocycles. The SMILES string of the molecule is CC(C(N)=O)C(F)(F)C(F)(F)F. The van der Waals surface area contributed by atoms with Crippen molar-refractivity contribution in [3.63, 3.8) is 0 Å². The van der Waals surface area contributed by atoms with Gasteiger partial charge >= 0.3 is 12.1 Å². The number of carbonyl (C=O) groups is 1. The molecule has 0 aliphatic carbocycles. The largest absolute Gasteiger partial charge is 0.454 e. The molecule has 1 atom stereocenters. The summed E-state index contributed by atoms with van der Waals surface area (Å²) in [5.41, 5.74) is 4.30. The predicted molar refractivity (Wildman–Crippen MR) is 29.4 cm³/mol. The third kappa shape index (κ3) is 1.83. The fourth-order valence-electron chi connectivity index (χ4n) is 0.424. The molecule has 0 aliphatic rings. The molecule has 0 aromatic carbocycles. The molecule has 2 nitrogen and oxygen atoms in total. The van der Waals surface area contributed by atoms with Crippen molar-refractivity contribution < 1.29 is 26.7 Å². The summed E-state index contributed by atoms with van der Waals surface area (Å²) in [6.45, 7) is 0.426. The van der Waals surface area contributed by atoms with Gasteiger partial charge in [-0.05, 0) is 6.92 Å². The lowest BCUT2D eigenvalue weighted by molar-refractivity contribution is -0.296. The first kappa shape index (κ1) is 11.1. The van der Waals surface area contributed by atoms with Gasteiger partial charge in [0.15, 0.2) is 0 Å². The molecule has 0 aliphatic heterocycles. The molecule has 0 aromatic heterocycles. The first-order valence-electron chi connectivity index (χ1n) is 2.84. The Morgan fingerprint density at radius 1 is 1.25 bits per heavy atom. The Labute approximate surface area is 64.5 Å². The smallest absolute Gasteiger partial charge is 0.369 e. The van der Waals surface area contributed by atoms with Crippen LogP contribution in [0.15, 0.2) is 0 Å². The van der Waals surface area contributed by atoms with Crippen LogP contribution in [0.5, 0.6) is 0 Å². The second-order valence-electron chi connectivity index (χ2n) is 2.24. The van der Waals surface area contributed by atoms with E-state index in [0.717, 1.165) is 0 Å². The fraction of sp³-hybridized carbons (Fsp3) is 0.800. The molecule has 0 rings (SSSR count). The van der Waals surface area contributed by atoms with Gasteiger partial charge in [-0.3, -0.25) is 4.79 Å².